The Hall–Kier alpha value is -0.680. The highest BCUT2D eigenvalue weighted by atomic mass is 35.5. The van der Waals surface area contributed by atoms with Crippen molar-refractivity contribution in [2.45, 2.75) is 11.6 Å². The average Bonchev–Trinajstić information content (AvgIpc) is 2.74. The number of para-hydroxylation sites is 1. The molecule has 21 heavy (non-hydrogen) atoms. The van der Waals surface area contributed by atoms with E-state index in [2.05, 4.69) is 59.0 Å². The fraction of sp³-hybridized carbons (Fsp3) is 0.500. The molecule has 1 saturated heterocycles. The SMILES string of the molecule is CSc1c(CN2CCN(C)CC2)c2ccccc2n1C.Cl. The molecule has 0 saturated carbocycles. The fourth-order valence-electron chi connectivity index (χ4n) is 3.09. The van der Waals surface area contributed by atoms with Crippen LogP contribution in [0.5, 0.6) is 0 Å². The maximum atomic E-state index is 2.58. The molecule has 3 rings (SSSR count). The lowest BCUT2D eigenvalue weighted by Crippen LogP contribution is -2.43. The Kier molecular flexibility index (Phi) is 5.60. The number of halogens is 1. The summed E-state index contributed by atoms with van der Waals surface area (Å²) < 4.78 is 2.34. The van der Waals surface area contributed by atoms with Crippen molar-refractivity contribution in [3.63, 3.8) is 0 Å². The van der Waals surface area contributed by atoms with E-state index in [1.807, 2.05) is 11.8 Å². The molecule has 5 heteroatoms. The zero-order valence-corrected chi connectivity index (χ0v) is 14.6. The lowest BCUT2D eigenvalue weighted by molar-refractivity contribution is 0.147. The quantitative estimate of drug-likeness (QED) is 0.804. The second-order valence-corrected chi connectivity index (χ2v) is 6.44. The first kappa shape index (κ1) is 16.7. The summed E-state index contributed by atoms with van der Waals surface area (Å²) in [6, 6.07) is 8.77. The van der Waals surface area contributed by atoms with Crippen LogP contribution in [0.1, 0.15) is 5.56 Å². The van der Waals surface area contributed by atoms with Crippen LogP contribution < -0.4 is 0 Å². The average molecular weight is 326 g/mol. The molecule has 1 aromatic carbocycles. The zero-order valence-electron chi connectivity index (χ0n) is 13.0. The predicted molar refractivity (Wildman–Crippen MR) is 94.7 cm³/mol. The van der Waals surface area contributed by atoms with E-state index >= 15 is 0 Å². The Bertz CT molecular complexity index is 603. The van der Waals surface area contributed by atoms with Crippen LogP contribution in [0.4, 0.5) is 0 Å². The van der Waals surface area contributed by atoms with E-state index in [-0.39, 0.29) is 12.4 Å². The number of thioether (sulfide) groups is 1. The number of hydrogen-bond acceptors (Lipinski definition) is 3. The van der Waals surface area contributed by atoms with Crippen LogP contribution in [-0.2, 0) is 13.6 Å². The number of aromatic nitrogens is 1. The first-order chi connectivity index (χ1) is 9.70. The van der Waals surface area contributed by atoms with Gasteiger partial charge < -0.3 is 9.47 Å². The second-order valence-electron chi connectivity index (χ2n) is 5.64. The number of nitrogens with zero attached hydrogens (tertiary/aromatic N) is 3. The van der Waals surface area contributed by atoms with E-state index in [1.165, 1.54) is 47.7 Å². The van der Waals surface area contributed by atoms with Crippen molar-refractivity contribution in [3.05, 3.63) is 29.8 Å². The van der Waals surface area contributed by atoms with Crippen molar-refractivity contribution in [2.24, 2.45) is 7.05 Å². The van der Waals surface area contributed by atoms with Crippen LogP contribution in [0.2, 0.25) is 0 Å². The predicted octanol–water partition coefficient (Wildman–Crippen LogP) is 3.07. The summed E-state index contributed by atoms with van der Waals surface area (Å²) in [7, 11) is 4.39. The van der Waals surface area contributed by atoms with Crippen LogP contribution in [0.3, 0.4) is 0 Å². The summed E-state index contributed by atoms with van der Waals surface area (Å²) in [6.45, 7) is 5.78. The number of piperazine rings is 1. The van der Waals surface area contributed by atoms with Gasteiger partial charge in [0.2, 0.25) is 0 Å². The molecule has 0 spiro atoms. The van der Waals surface area contributed by atoms with Gasteiger partial charge in [-0.3, -0.25) is 4.90 Å². The van der Waals surface area contributed by atoms with Crippen molar-refractivity contribution in [3.8, 4) is 0 Å². The molecule has 0 N–H and O–H groups in total. The molecule has 3 nitrogen and oxygen atoms in total. The molecule has 1 aliphatic rings. The first-order valence-corrected chi connectivity index (χ1v) is 8.44. The van der Waals surface area contributed by atoms with Gasteiger partial charge >= 0.3 is 0 Å². The lowest BCUT2D eigenvalue weighted by Gasteiger charge is -2.32. The van der Waals surface area contributed by atoms with Crippen LogP contribution in [0.15, 0.2) is 29.3 Å². The minimum absolute atomic E-state index is 0. The van der Waals surface area contributed by atoms with Crippen molar-refractivity contribution < 1.29 is 0 Å². The molecular formula is C16H24ClN3S. The second kappa shape index (κ2) is 7.05. The van der Waals surface area contributed by atoms with Gasteiger partial charge in [0.05, 0.1) is 5.03 Å². The monoisotopic (exact) mass is 325 g/mol. The van der Waals surface area contributed by atoms with Crippen molar-refractivity contribution in [2.75, 3.05) is 39.5 Å². The van der Waals surface area contributed by atoms with Gasteiger partial charge in [0.25, 0.3) is 0 Å². The van der Waals surface area contributed by atoms with Gasteiger partial charge in [-0.1, -0.05) is 18.2 Å². The Morgan fingerprint density at radius 3 is 2.38 bits per heavy atom. The van der Waals surface area contributed by atoms with Gasteiger partial charge in [-0.25, -0.2) is 0 Å². The van der Waals surface area contributed by atoms with Crippen LogP contribution in [0, 0.1) is 0 Å². The van der Waals surface area contributed by atoms with Crippen LogP contribution >= 0.6 is 24.2 Å². The van der Waals surface area contributed by atoms with E-state index < -0.39 is 0 Å². The molecule has 0 radical (unpaired) electrons. The highest BCUT2D eigenvalue weighted by Gasteiger charge is 2.19. The summed E-state index contributed by atoms with van der Waals surface area (Å²) in [5.74, 6) is 0. The van der Waals surface area contributed by atoms with E-state index in [0.717, 1.165) is 6.54 Å². The molecule has 0 atom stereocenters. The standard InChI is InChI=1S/C16H23N3S.ClH/c1-17-8-10-19(11-9-17)12-14-13-6-4-5-7-15(13)18(2)16(14)20-3;/h4-7H,8-12H2,1-3H3;1H. The third-order valence-electron chi connectivity index (χ3n) is 4.32. The molecule has 116 valence electrons. The van der Waals surface area contributed by atoms with Gasteiger partial charge in [0.15, 0.2) is 0 Å². The maximum Gasteiger partial charge on any atom is 0.0799 e. The molecule has 1 fully saturated rings. The molecule has 1 aliphatic heterocycles. The van der Waals surface area contributed by atoms with Crippen LogP contribution in [-0.4, -0.2) is 53.8 Å². The molecular weight excluding hydrogens is 302 g/mol. The highest BCUT2D eigenvalue weighted by molar-refractivity contribution is 7.98. The van der Waals surface area contributed by atoms with E-state index in [0.29, 0.717) is 0 Å². The molecule has 0 aliphatic carbocycles. The number of benzene rings is 1. The normalized spacial score (nSPS) is 17.1. The molecule has 2 aromatic rings. The topological polar surface area (TPSA) is 11.4 Å². The smallest absolute Gasteiger partial charge is 0.0799 e. The third-order valence-corrected chi connectivity index (χ3v) is 5.23. The van der Waals surface area contributed by atoms with Crippen LogP contribution in [0.25, 0.3) is 10.9 Å². The number of likely N-dealkylation sites (N-methyl/N-ethyl adjacent to an activating group) is 1. The van der Waals surface area contributed by atoms with Crippen molar-refractivity contribution in [1.29, 1.82) is 0 Å². The number of rotatable bonds is 3. The van der Waals surface area contributed by atoms with E-state index in [9.17, 15) is 0 Å². The minimum atomic E-state index is 0. The number of fused-ring (bicyclic) bond motifs is 1. The van der Waals surface area contributed by atoms with E-state index in [4.69, 9.17) is 0 Å². The molecule has 0 unspecified atom stereocenters. The summed E-state index contributed by atoms with van der Waals surface area (Å²) in [5, 5.41) is 2.82. The van der Waals surface area contributed by atoms with Gasteiger partial charge in [0, 0.05) is 56.2 Å². The van der Waals surface area contributed by atoms with Gasteiger partial charge in [0.1, 0.15) is 0 Å². The summed E-state index contributed by atoms with van der Waals surface area (Å²) in [4.78, 5) is 5.00. The van der Waals surface area contributed by atoms with Crippen molar-refractivity contribution >= 4 is 35.1 Å². The van der Waals surface area contributed by atoms with Crippen molar-refractivity contribution in [1.82, 2.24) is 14.4 Å². The molecule has 1 aromatic heterocycles. The molecule has 0 amide bonds. The number of aryl methyl sites for hydroxylation is 1. The number of hydrogen-bond donors (Lipinski definition) is 0. The first-order valence-electron chi connectivity index (χ1n) is 7.22. The van der Waals surface area contributed by atoms with Gasteiger partial charge in [-0.15, -0.1) is 24.2 Å². The third kappa shape index (κ3) is 3.24. The lowest BCUT2D eigenvalue weighted by atomic mass is 10.1. The summed E-state index contributed by atoms with van der Waals surface area (Å²) >= 11 is 1.86. The maximum absolute atomic E-state index is 2.58. The Morgan fingerprint density at radius 2 is 1.71 bits per heavy atom. The van der Waals surface area contributed by atoms with Gasteiger partial charge in [-0.2, -0.15) is 0 Å². The largest absolute Gasteiger partial charge is 0.339 e. The fourth-order valence-corrected chi connectivity index (χ4v) is 3.88. The Morgan fingerprint density at radius 1 is 1.05 bits per heavy atom. The van der Waals surface area contributed by atoms with E-state index in [1.54, 1.807) is 0 Å². The summed E-state index contributed by atoms with van der Waals surface area (Å²) in [6.07, 6.45) is 2.18. The zero-order chi connectivity index (χ0) is 14.1. The summed E-state index contributed by atoms with van der Waals surface area (Å²) in [5.41, 5.74) is 2.85. The highest BCUT2D eigenvalue weighted by Crippen LogP contribution is 2.32. The Balaban J connectivity index is 0.00000161. The minimum Gasteiger partial charge on any atom is -0.339 e. The van der Waals surface area contributed by atoms with Gasteiger partial charge in [-0.05, 0) is 19.4 Å². The molecule has 2 heterocycles. The molecule has 0 bridgehead atoms. The Labute approximate surface area is 137 Å².